The Bertz CT molecular complexity index is 1490. The van der Waals surface area contributed by atoms with Crippen LogP contribution in [0.5, 0.6) is 0 Å². The van der Waals surface area contributed by atoms with Gasteiger partial charge in [0.05, 0.1) is 15.9 Å². The Hall–Kier alpha value is -3.39. The van der Waals surface area contributed by atoms with Gasteiger partial charge in [-0.15, -0.1) is 0 Å². The molecule has 1 nitrogen and oxygen atoms in total. The summed E-state index contributed by atoms with van der Waals surface area (Å²) in [4.78, 5) is 3.93. The summed E-state index contributed by atoms with van der Waals surface area (Å²) >= 11 is 10.9. The summed E-state index contributed by atoms with van der Waals surface area (Å²) in [6, 6.07) is 22.5. The van der Waals surface area contributed by atoms with Gasteiger partial charge in [0.1, 0.15) is 0 Å². The van der Waals surface area contributed by atoms with Gasteiger partial charge in [-0.2, -0.15) is 4.99 Å². The number of aliphatic imine (C=N–C) groups is 1. The first-order chi connectivity index (χ1) is 15.7. The van der Waals surface area contributed by atoms with E-state index in [1.807, 2.05) is 6.07 Å². The minimum absolute atomic E-state index is 0.508. The zero-order valence-corrected chi connectivity index (χ0v) is 19.3. The number of isothiocyanates is 1. The molecule has 3 heteroatoms. The molecule has 0 saturated carbocycles. The fourth-order valence-corrected chi connectivity index (χ4v) is 3.85. The van der Waals surface area contributed by atoms with Crippen molar-refractivity contribution in [3.05, 3.63) is 88.4 Å². The molecule has 0 bridgehead atoms. The van der Waals surface area contributed by atoms with Crippen molar-refractivity contribution in [3.8, 4) is 23.7 Å². The number of halogens is 1. The van der Waals surface area contributed by atoms with Crippen molar-refractivity contribution in [2.75, 3.05) is 0 Å². The largest absolute Gasteiger partial charge is 0.193 e. The van der Waals surface area contributed by atoms with E-state index in [1.165, 1.54) is 22.6 Å². The summed E-state index contributed by atoms with van der Waals surface area (Å²) in [6.07, 6.45) is 3.28. The third-order valence-electron chi connectivity index (χ3n) is 5.19. The molecule has 4 aromatic rings. The Balaban J connectivity index is 1.63. The fourth-order valence-electron chi connectivity index (χ4n) is 3.53. The number of hydrogen-bond donors (Lipinski definition) is 0. The number of unbranched alkanes of at least 4 members (excludes halogenated alkanes) is 2. The lowest BCUT2D eigenvalue weighted by Gasteiger charge is -2.05. The van der Waals surface area contributed by atoms with Crippen LogP contribution in [0, 0.1) is 23.7 Å². The van der Waals surface area contributed by atoms with Crippen LogP contribution in [0.3, 0.4) is 0 Å². The second kappa shape index (κ2) is 10.3. The minimum Gasteiger partial charge on any atom is -0.193 e. The average Bonchev–Trinajstić information content (AvgIpc) is 2.81. The van der Waals surface area contributed by atoms with Crippen molar-refractivity contribution < 1.29 is 0 Å². The van der Waals surface area contributed by atoms with Gasteiger partial charge in [0.25, 0.3) is 0 Å². The van der Waals surface area contributed by atoms with Gasteiger partial charge in [-0.1, -0.05) is 72.9 Å². The van der Waals surface area contributed by atoms with Gasteiger partial charge in [0, 0.05) is 23.1 Å². The van der Waals surface area contributed by atoms with Gasteiger partial charge in [0.2, 0.25) is 0 Å². The monoisotopic (exact) mass is 449 g/mol. The molecule has 0 aliphatic rings. The zero-order chi connectivity index (χ0) is 22.3. The van der Waals surface area contributed by atoms with Crippen molar-refractivity contribution in [1.29, 1.82) is 0 Å². The number of fused-ring (bicyclic) bond motifs is 3. The lowest BCUT2D eigenvalue weighted by Crippen LogP contribution is -1.82. The van der Waals surface area contributed by atoms with Gasteiger partial charge < -0.3 is 0 Å². The topological polar surface area (TPSA) is 12.4 Å². The van der Waals surface area contributed by atoms with Crippen molar-refractivity contribution in [3.63, 3.8) is 0 Å². The summed E-state index contributed by atoms with van der Waals surface area (Å²) < 4.78 is 0. The molecule has 0 N–H and O–H groups in total. The Morgan fingerprint density at radius 1 is 0.781 bits per heavy atom. The van der Waals surface area contributed by atoms with Crippen LogP contribution >= 0.6 is 23.8 Å². The van der Waals surface area contributed by atoms with Crippen LogP contribution in [0.25, 0.3) is 21.5 Å². The standard InChI is InChI=1S/C29H20ClNS/c1-2-3-4-5-6-21-9-14-26-24(17-21)12-13-25-18-22(10-15-27(25)26)7-8-23-11-16-29(31-20-32)28(30)19-23/h9-19H,2-4H2,1H3. The SMILES string of the molecule is CCCCC#Cc1ccc2c(ccc3cc(C#Cc4ccc(N=C=S)c(Cl)c4)ccc32)c1. The molecule has 4 aromatic carbocycles. The van der Waals surface area contributed by atoms with Crippen molar-refractivity contribution in [1.82, 2.24) is 0 Å². The average molecular weight is 450 g/mol. The van der Waals surface area contributed by atoms with Crippen LogP contribution in [0.2, 0.25) is 5.02 Å². The molecule has 4 rings (SSSR count). The Kier molecular flexibility index (Phi) is 7.01. The minimum atomic E-state index is 0.508. The van der Waals surface area contributed by atoms with Crippen molar-refractivity contribution in [2.24, 2.45) is 4.99 Å². The molecule has 0 amide bonds. The molecule has 154 valence electrons. The van der Waals surface area contributed by atoms with Crippen LogP contribution in [0.1, 0.15) is 42.9 Å². The zero-order valence-electron chi connectivity index (χ0n) is 17.7. The maximum atomic E-state index is 6.22. The number of benzene rings is 4. The smallest absolute Gasteiger partial charge is 0.0926 e. The Morgan fingerprint density at radius 2 is 1.38 bits per heavy atom. The highest BCUT2D eigenvalue weighted by Crippen LogP contribution is 2.27. The summed E-state index contributed by atoms with van der Waals surface area (Å²) in [5.74, 6) is 12.9. The fraction of sp³-hybridized carbons (Fsp3) is 0.138. The normalized spacial score (nSPS) is 10.1. The maximum Gasteiger partial charge on any atom is 0.0926 e. The van der Waals surface area contributed by atoms with Gasteiger partial charge in [-0.3, -0.25) is 0 Å². The maximum absolute atomic E-state index is 6.22. The summed E-state index contributed by atoms with van der Waals surface area (Å²) in [7, 11) is 0. The number of rotatable bonds is 3. The lowest BCUT2D eigenvalue weighted by molar-refractivity contribution is 0.828. The van der Waals surface area contributed by atoms with E-state index in [4.69, 9.17) is 11.6 Å². The van der Waals surface area contributed by atoms with Gasteiger partial charge in [-0.25, -0.2) is 0 Å². The van der Waals surface area contributed by atoms with Crippen molar-refractivity contribution >= 4 is 56.2 Å². The predicted molar refractivity (Wildman–Crippen MR) is 140 cm³/mol. The van der Waals surface area contributed by atoms with E-state index in [9.17, 15) is 0 Å². The van der Waals surface area contributed by atoms with E-state index in [1.54, 1.807) is 12.1 Å². The molecule has 0 radical (unpaired) electrons. The van der Waals surface area contributed by atoms with E-state index < -0.39 is 0 Å². The highest BCUT2D eigenvalue weighted by molar-refractivity contribution is 7.78. The first-order valence-corrected chi connectivity index (χ1v) is 11.3. The van der Waals surface area contributed by atoms with E-state index in [0.717, 1.165) is 34.9 Å². The number of thiocarbonyl (C=S) groups is 1. The first kappa shape index (κ1) is 21.8. The Labute approximate surface area is 199 Å². The highest BCUT2D eigenvalue weighted by Gasteiger charge is 2.03. The van der Waals surface area contributed by atoms with E-state index in [0.29, 0.717) is 10.7 Å². The summed E-state index contributed by atoms with van der Waals surface area (Å²) in [5, 5.41) is 7.64. The molecule has 0 aliphatic heterocycles. The van der Waals surface area contributed by atoms with Gasteiger partial charge in [0.15, 0.2) is 0 Å². The molecular weight excluding hydrogens is 430 g/mol. The molecule has 0 aliphatic carbocycles. The van der Waals surface area contributed by atoms with Crippen LogP contribution in [0.4, 0.5) is 5.69 Å². The molecule has 0 aromatic heterocycles. The second-order valence-corrected chi connectivity index (χ2v) is 8.05. The predicted octanol–water partition coefficient (Wildman–Crippen LogP) is 8.32. The third kappa shape index (κ3) is 5.08. The quantitative estimate of drug-likeness (QED) is 0.101. The van der Waals surface area contributed by atoms with E-state index in [-0.39, 0.29) is 0 Å². The number of hydrogen-bond acceptors (Lipinski definition) is 2. The molecule has 0 saturated heterocycles. The first-order valence-electron chi connectivity index (χ1n) is 10.5. The Morgan fingerprint density at radius 3 is 1.97 bits per heavy atom. The molecule has 0 atom stereocenters. The second-order valence-electron chi connectivity index (χ2n) is 7.46. The summed E-state index contributed by atoms with van der Waals surface area (Å²) in [5.41, 5.74) is 3.44. The summed E-state index contributed by atoms with van der Waals surface area (Å²) in [6.45, 7) is 2.19. The molecular formula is C29H20ClNS. The molecule has 0 spiro atoms. The van der Waals surface area contributed by atoms with Crippen LogP contribution in [-0.2, 0) is 0 Å². The van der Waals surface area contributed by atoms with Crippen LogP contribution in [-0.4, -0.2) is 5.16 Å². The molecule has 0 unspecified atom stereocenters. The van der Waals surface area contributed by atoms with E-state index >= 15 is 0 Å². The van der Waals surface area contributed by atoms with Gasteiger partial charge in [-0.05, 0) is 82.6 Å². The lowest BCUT2D eigenvalue weighted by atomic mass is 9.98. The van der Waals surface area contributed by atoms with Gasteiger partial charge >= 0.3 is 0 Å². The van der Waals surface area contributed by atoms with Crippen molar-refractivity contribution in [2.45, 2.75) is 26.2 Å². The molecule has 0 heterocycles. The highest BCUT2D eigenvalue weighted by atomic mass is 35.5. The van der Waals surface area contributed by atoms with Crippen LogP contribution < -0.4 is 0 Å². The number of nitrogens with zero attached hydrogens (tertiary/aromatic N) is 1. The third-order valence-corrected chi connectivity index (χ3v) is 5.58. The van der Waals surface area contributed by atoms with Crippen LogP contribution in [0.15, 0.2) is 71.7 Å². The van der Waals surface area contributed by atoms with E-state index in [2.05, 4.69) is 102 Å². The molecule has 0 fully saturated rings. The molecule has 32 heavy (non-hydrogen) atoms.